The number of nitrogens with two attached hydrogens (primary N) is 1. The monoisotopic (exact) mass is 291 g/mol. The Morgan fingerprint density at radius 2 is 1.57 bits per heavy atom. The molecule has 0 aliphatic rings. The first-order chi connectivity index (χ1) is 10.1. The average molecular weight is 291 g/mol. The molecule has 2 aromatic heterocycles. The van der Waals surface area contributed by atoms with Crippen molar-refractivity contribution in [3.63, 3.8) is 0 Å². The predicted octanol–water partition coefficient (Wildman–Crippen LogP) is 3.40. The second-order valence-corrected chi connectivity index (χ2v) is 4.26. The quantitative estimate of drug-likeness (QED) is 0.735. The van der Waals surface area contributed by atoms with Crippen LogP contribution in [-0.2, 0) is 0 Å². The minimum atomic E-state index is -1.54. The number of pyridine rings is 1. The molecule has 0 unspecified atom stereocenters. The van der Waals surface area contributed by atoms with Crippen LogP contribution in [0.5, 0.6) is 0 Å². The Balaban J connectivity index is 2.21. The minimum absolute atomic E-state index is 0.0126. The Morgan fingerprint density at radius 3 is 2.19 bits per heavy atom. The van der Waals surface area contributed by atoms with Crippen molar-refractivity contribution in [2.45, 2.75) is 0 Å². The Morgan fingerprint density at radius 1 is 0.952 bits per heavy atom. The van der Waals surface area contributed by atoms with Crippen molar-refractivity contribution in [3.05, 3.63) is 54.1 Å². The molecule has 4 nitrogen and oxygen atoms in total. The molecule has 0 bridgehead atoms. The Kier molecular flexibility index (Phi) is 3.09. The zero-order chi connectivity index (χ0) is 15.0. The van der Waals surface area contributed by atoms with Crippen molar-refractivity contribution in [1.82, 2.24) is 10.1 Å². The van der Waals surface area contributed by atoms with E-state index in [0.29, 0.717) is 11.1 Å². The number of nitrogen functional groups attached to an aromatic ring is 1. The van der Waals surface area contributed by atoms with Gasteiger partial charge in [0.1, 0.15) is 5.69 Å². The first-order valence-corrected chi connectivity index (χ1v) is 5.88. The summed E-state index contributed by atoms with van der Waals surface area (Å²) < 4.78 is 44.6. The fraction of sp³-hybridized carbons (Fsp3) is 0. The maximum atomic E-state index is 13.4. The van der Waals surface area contributed by atoms with Crippen LogP contribution in [-0.4, -0.2) is 10.1 Å². The zero-order valence-electron chi connectivity index (χ0n) is 10.5. The standard InChI is InChI=1S/C14H8F3N3O/c15-9-5-8(6-10(16)12(9)17)13-11(14(18)21-20-13)7-1-3-19-4-2-7/h1-6H,18H2. The lowest BCUT2D eigenvalue weighted by Gasteiger charge is -2.04. The van der Waals surface area contributed by atoms with E-state index in [1.165, 1.54) is 12.4 Å². The van der Waals surface area contributed by atoms with Gasteiger partial charge >= 0.3 is 0 Å². The van der Waals surface area contributed by atoms with E-state index in [1.54, 1.807) is 12.1 Å². The van der Waals surface area contributed by atoms with Gasteiger partial charge in [0.2, 0.25) is 5.88 Å². The molecule has 2 N–H and O–H groups in total. The SMILES string of the molecule is Nc1onc(-c2cc(F)c(F)c(F)c2)c1-c1ccncc1. The summed E-state index contributed by atoms with van der Waals surface area (Å²) >= 11 is 0. The molecular formula is C14H8F3N3O. The fourth-order valence-electron chi connectivity index (χ4n) is 1.99. The molecule has 7 heteroatoms. The van der Waals surface area contributed by atoms with Crippen LogP contribution in [0.15, 0.2) is 41.2 Å². The van der Waals surface area contributed by atoms with E-state index in [-0.39, 0.29) is 17.1 Å². The maximum absolute atomic E-state index is 13.4. The molecule has 3 aromatic rings. The van der Waals surface area contributed by atoms with Crippen molar-refractivity contribution >= 4 is 5.88 Å². The van der Waals surface area contributed by atoms with Crippen LogP contribution >= 0.6 is 0 Å². The van der Waals surface area contributed by atoms with Gasteiger partial charge in [-0.1, -0.05) is 5.16 Å². The lowest BCUT2D eigenvalue weighted by Crippen LogP contribution is -1.93. The van der Waals surface area contributed by atoms with Gasteiger partial charge in [-0.3, -0.25) is 4.98 Å². The van der Waals surface area contributed by atoms with Gasteiger partial charge in [-0.05, 0) is 29.8 Å². The molecule has 3 rings (SSSR count). The molecule has 0 aliphatic carbocycles. The number of hydrogen-bond acceptors (Lipinski definition) is 4. The number of rotatable bonds is 2. The van der Waals surface area contributed by atoms with Gasteiger partial charge in [0.15, 0.2) is 17.5 Å². The third kappa shape index (κ3) is 2.22. The van der Waals surface area contributed by atoms with Crippen LogP contribution in [0.25, 0.3) is 22.4 Å². The largest absolute Gasteiger partial charge is 0.367 e. The van der Waals surface area contributed by atoms with Gasteiger partial charge < -0.3 is 10.3 Å². The second kappa shape index (κ2) is 4.93. The number of anilines is 1. The van der Waals surface area contributed by atoms with E-state index in [2.05, 4.69) is 10.1 Å². The molecule has 0 atom stereocenters. The van der Waals surface area contributed by atoms with Crippen LogP contribution in [0.1, 0.15) is 0 Å². The van der Waals surface area contributed by atoms with Crippen molar-refractivity contribution in [1.29, 1.82) is 0 Å². The van der Waals surface area contributed by atoms with E-state index >= 15 is 0 Å². The van der Waals surface area contributed by atoms with E-state index in [0.717, 1.165) is 12.1 Å². The molecule has 1 aromatic carbocycles. The molecule has 0 amide bonds. The minimum Gasteiger partial charge on any atom is -0.367 e. The van der Waals surface area contributed by atoms with E-state index in [9.17, 15) is 13.2 Å². The zero-order valence-corrected chi connectivity index (χ0v) is 10.5. The smallest absolute Gasteiger partial charge is 0.230 e. The molecule has 0 fully saturated rings. The molecule has 0 saturated heterocycles. The highest BCUT2D eigenvalue weighted by molar-refractivity contribution is 5.86. The van der Waals surface area contributed by atoms with Crippen LogP contribution in [0.3, 0.4) is 0 Å². The van der Waals surface area contributed by atoms with Gasteiger partial charge in [-0.15, -0.1) is 0 Å². The summed E-state index contributed by atoms with van der Waals surface area (Å²) in [6.07, 6.45) is 3.05. The molecule has 0 saturated carbocycles. The normalized spacial score (nSPS) is 10.8. The van der Waals surface area contributed by atoms with Gasteiger partial charge in [0.25, 0.3) is 0 Å². The summed E-state index contributed by atoms with van der Waals surface area (Å²) in [5.41, 5.74) is 6.83. The third-order valence-electron chi connectivity index (χ3n) is 2.94. The topological polar surface area (TPSA) is 64.9 Å². The first-order valence-electron chi connectivity index (χ1n) is 5.88. The molecule has 0 spiro atoms. The molecule has 106 valence electrons. The predicted molar refractivity (Wildman–Crippen MR) is 69.5 cm³/mol. The summed E-state index contributed by atoms with van der Waals surface area (Å²) in [5.74, 6) is -4.18. The second-order valence-electron chi connectivity index (χ2n) is 4.26. The molecular weight excluding hydrogens is 283 g/mol. The van der Waals surface area contributed by atoms with Crippen LogP contribution in [0.2, 0.25) is 0 Å². The average Bonchev–Trinajstić information content (AvgIpc) is 2.87. The highest BCUT2D eigenvalue weighted by Gasteiger charge is 2.20. The number of aromatic nitrogens is 2. The Hall–Kier alpha value is -2.83. The lowest BCUT2D eigenvalue weighted by molar-refractivity contribution is 0.437. The summed E-state index contributed by atoms with van der Waals surface area (Å²) in [4.78, 5) is 3.87. The van der Waals surface area contributed by atoms with E-state index in [4.69, 9.17) is 10.3 Å². The Labute approximate surface area is 117 Å². The highest BCUT2D eigenvalue weighted by Crippen LogP contribution is 2.36. The van der Waals surface area contributed by atoms with Crippen LogP contribution in [0.4, 0.5) is 19.1 Å². The maximum Gasteiger partial charge on any atom is 0.230 e. The number of benzene rings is 1. The van der Waals surface area contributed by atoms with Gasteiger partial charge in [0.05, 0.1) is 5.56 Å². The highest BCUT2D eigenvalue weighted by atomic mass is 19.2. The fourth-order valence-corrected chi connectivity index (χ4v) is 1.99. The summed E-state index contributed by atoms with van der Waals surface area (Å²) in [7, 11) is 0. The van der Waals surface area contributed by atoms with Crippen molar-refractivity contribution in [3.8, 4) is 22.4 Å². The van der Waals surface area contributed by atoms with Gasteiger partial charge in [-0.2, -0.15) is 0 Å². The first kappa shape index (κ1) is 13.2. The van der Waals surface area contributed by atoms with E-state index in [1.807, 2.05) is 0 Å². The van der Waals surface area contributed by atoms with Gasteiger partial charge in [0, 0.05) is 18.0 Å². The van der Waals surface area contributed by atoms with Gasteiger partial charge in [-0.25, -0.2) is 13.2 Å². The molecule has 21 heavy (non-hydrogen) atoms. The summed E-state index contributed by atoms with van der Waals surface area (Å²) in [6.45, 7) is 0. The molecule has 2 heterocycles. The summed E-state index contributed by atoms with van der Waals surface area (Å²) in [5, 5.41) is 3.70. The lowest BCUT2D eigenvalue weighted by atomic mass is 10.0. The number of halogens is 3. The van der Waals surface area contributed by atoms with Crippen molar-refractivity contribution in [2.24, 2.45) is 0 Å². The third-order valence-corrected chi connectivity index (χ3v) is 2.94. The van der Waals surface area contributed by atoms with Crippen molar-refractivity contribution in [2.75, 3.05) is 5.73 Å². The van der Waals surface area contributed by atoms with Crippen LogP contribution in [0, 0.1) is 17.5 Å². The van der Waals surface area contributed by atoms with Crippen molar-refractivity contribution < 1.29 is 17.7 Å². The van der Waals surface area contributed by atoms with Crippen LogP contribution < -0.4 is 5.73 Å². The summed E-state index contributed by atoms with van der Waals surface area (Å²) in [6, 6.07) is 4.95. The Bertz CT molecular complexity index is 779. The number of hydrogen-bond donors (Lipinski definition) is 1. The molecule has 0 radical (unpaired) electrons. The molecule has 0 aliphatic heterocycles. The number of nitrogens with zero attached hydrogens (tertiary/aromatic N) is 2. The van der Waals surface area contributed by atoms with E-state index < -0.39 is 17.5 Å².